The molecule has 88 valence electrons. The molecular weight excluding hydrogens is 230 g/mol. The normalized spacial score (nSPS) is 11.3. The fourth-order valence-electron chi connectivity index (χ4n) is 1.87. The highest BCUT2D eigenvalue weighted by Gasteiger charge is 2.10. The molecule has 1 aromatic heterocycles. The maximum absolute atomic E-state index is 8.41. The first kappa shape index (κ1) is 10.5. The van der Waals surface area contributed by atoms with Gasteiger partial charge in [0.05, 0.1) is 0 Å². The lowest BCUT2D eigenvalue weighted by Gasteiger charge is -2.01. The van der Waals surface area contributed by atoms with Gasteiger partial charge in [-0.1, -0.05) is 52.8 Å². The van der Waals surface area contributed by atoms with Gasteiger partial charge in [0.25, 0.3) is 5.89 Å². The van der Waals surface area contributed by atoms with Crippen LogP contribution in [0.5, 0.6) is 0 Å². The molecule has 3 rings (SSSR count). The third-order valence-corrected chi connectivity index (χ3v) is 2.64. The summed E-state index contributed by atoms with van der Waals surface area (Å²) in [6.45, 7) is 0. The van der Waals surface area contributed by atoms with Gasteiger partial charge in [-0.2, -0.15) is 4.98 Å². The predicted molar refractivity (Wildman–Crippen MR) is 66.6 cm³/mol. The second-order valence-corrected chi connectivity index (χ2v) is 3.73. The van der Waals surface area contributed by atoms with Crippen molar-refractivity contribution in [2.75, 3.05) is 0 Å². The Morgan fingerprint density at radius 1 is 1.11 bits per heavy atom. The Bertz CT molecular complexity index is 714. The Balaban J connectivity index is 2.18. The van der Waals surface area contributed by atoms with E-state index in [1.807, 2.05) is 42.5 Å². The Hall–Kier alpha value is -2.69. The van der Waals surface area contributed by atoms with E-state index >= 15 is 0 Å². The average Bonchev–Trinajstić information content (AvgIpc) is 2.87. The zero-order valence-corrected chi connectivity index (χ0v) is 9.32. The summed E-state index contributed by atoms with van der Waals surface area (Å²) < 4.78 is 4.94. The molecule has 1 N–H and O–H groups in total. The van der Waals surface area contributed by atoms with Crippen LogP contribution in [0, 0.1) is 0 Å². The molecule has 0 aliphatic heterocycles. The Morgan fingerprint density at radius 3 is 2.83 bits per heavy atom. The van der Waals surface area contributed by atoms with Gasteiger partial charge in [0.1, 0.15) is 6.21 Å². The van der Waals surface area contributed by atoms with Crippen molar-refractivity contribution < 1.29 is 9.73 Å². The second kappa shape index (κ2) is 4.29. The van der Waals surface area contributed by atoms with Crippen molar-refractivity contribution in [1.82, 2.24) is 10.1 Å². The van der Waals surface area contributed by atoms with Crippen LogP contribution in [0.1, 0.15) is 5.89 Å². The molecule has 0 unspecified atom stereocenters. The van der Waals surface area contributed by atoms with Gasteiger partial charge in [0.15, 0.2) is 0 Å². The van der Waals surface area contributed by atoms with Crippen LogP contribution in [0.15, 0.2) is 52.1 Å². The first-order valence-electron chi connectivity index (χ1n) is 5.38. The fourth-order valence-corrected chi connectivity index (χ4v) is 1.87. The van der Waals surface area contributed by atoms with Gasteiger partial charge < -0.3 is 9.73 Å². The lowest BCUT2D eigenvalue weighted by molar-refractivity contribution is 0.319. The molecule has 0 aliphatic carbocycles. The maximum Gasteiger partial charge on any atom is 0.272 e. The molecule has 1 heterocycles. The summed E-state index contributed by atoms with van der Waals surface area (Å²) in [7, 11) is 0. The molecule has 0 bridgehead atoms. The predicted octanol–water partition coefficient (Wildman–Crippen LogP) is 2.70. The topological polar surface area (TPSA) is 71.5 Å². The molecular formula is C13H9N3O2. The average molecular weight is 239 g/mol. The quantitative estimate of drug-likeness (QED) is 0.424. The van der Waals surface area contributed by atoms with Gasteiger partial charge >= 0.3 is 0 Å². The minimum Gasteiger partial charge on any atom is -0.411 e. The second-order valence-electron chi connectivity index (χ2n) is 3.73. The number of aromatic nitrogens is 2. The van der Waals surface area contributed by atoms with Crippen molar-refractivity contribution in [3.05, 3.63) is 48.4 Å². The van der Waals surface area contributed by atoms with E-state index in [0.717, 1.165) is 22.6 Å². The maximum atomic E-state index is 8.41. The summed E-state index contributed by atoms with van der Waals surface area (Å²) in [5.74, 6) is 0.641. The summed E-state index contributed by atoms with van der Waals surface area (Å²) in [6.07, 6.45) is 1.10. The van der Waals surface area contributed by atoms with Crippen LogP contribution >= 0.6 is 0 Å². The van der Waals surface area contributed by atoms with E-state index < -0.39 is 0 Å². The lowest BCUT2D eigenvalue weighted by Crippen LogP contribution is -1.84. The minimum atomic E-state index is 0.167. The third kappa shape index (κ3) is 1.71. The standard InChI is InChI=1S/C13H9N3O2/c17-14-8-12-15-13(16-18-12)11-7-3-5-9-4-1-2-6-10(9)11/h1-8,17H/b14-8+. The highest BCUT2D eigenvalue weighted by atomic mass is 16.5. The largest absolute Gasteiger partial charge is 0.411 e. The van der Waals surface area contributed by atoms with Crippen molar-refractivity contribution in [2.24, 2.45) is 5.16 Å². The molecule has 0 atom stereocenters. The van der Waals surface area contributed by atoms with Crippen molar-refractivity contribution in [1.29, 1.82) is 0 Å². The van der Waals surface area contributed by atoms with E-state index in [4.69, 9.17) is 9.73 Å². The highest BCUT2D eigenvalue weighted by molar-refractivity contribution is 5.95. The van der Waals surface area contributed by atoms with E-state index in [1.54, 1.807) is 0 Å². The summed E-state index contributed by atoms with van der Waals surface area (Å²) in [6, 6.07) is 13.8. The third-order valence-electron chi connectivity index (χ3n) is 2.64. The summed E-state index contributed by atoms with van der Waals surface area (Å²) in [4.78, 5) is 4.13. The van der Waals surface area contributed by atoms with Crippen LogP contribution in [-0.2, 0) is 0 Å². The molecule has 0 spiro atoms. The van der Waals surface area contributed by atoms with Crippen LogP contribution < -0.4 is 0 Å². The molecule has 18 heavy (non-hydrogen) atoms. The molecule has 0 amide bonds. The number of oxime groups is 1. The van der Waals surface area contributed by atoms with Crippen LogP contribution in [-0.4, -0.2) is 21.6 Å². The number of hydrogen-bond donors (Lipinski definition) is 1. The first-order valence-corrected chi connectivity index (χ1v) is 5.38. The Morgan fingerprint density at radius 2 is 1.94 bits per heavy atom. The fraction of sp³-hybridized carbons (Fsp3) is 0. The monoisotopic (exact) mass is 239 g/mol. The van der Waals surface area contributed by atoms with Crippen molar-refractivity contribution in [3.63, 3.8) is 0 Å². The molecule has 2 aromatic carbocycles. The molecule has 0 aliphatic rings. The molecule has 3 aromatic rings. The highest BCUT2D eigenvalue weighted by Crippen LogP contribution is 2.26. The Kier molecular flexibility index (Phi) is 2.49. The van der Waals surface area contributed by atoms with E-state index in [-0.39, 0.29) is 5.89 Å². The van der Waals surface area contributed by atoms with Crippen LogP contribution in [0.2, 0.25) is 0 Å². The summed E-state index contributed by atoms with van der Waals surface area (Å²) in [5.41, 5.74) is 0.884. The minimum absolute atomic E-state index is 0.167. The van der Waals surface area contributed by atoms with Crippen molar-refractivity contribution in [3.8, 4) is 11.4 Å². The number of hydrogen-bond acceptors (Lipinski definition) is 5. The zero-order valence-electron chi connectivity index (χ0n) is 9.32. The zero-order chi connectivity index (χ0) is 12.4. The van der Waals surface area contributed by atoms with Crippen LogP contribution in [0.4, 0.5) is 0 Å². The number of rotatable bonds is 2. The molecule has 0 saturated heterocycles. The molecule has 5 nitrogen and oxygen atoms in total. The molecule has 5 heteroatoms. The van der Waals surface area contributed by atoms with Gasteiger partial charge in [0, 0.05) is 5.56 Å². The molecule has 0 saturated carbocycles. The summed E-state index contributed by atoms with van der Waals surface area (Å²) in [5, 5.41) is 17.3. The van der Waals surface area contributed by atoms with E-state index in [0.29, 0.717) is 5.82 Å². The summed E-state index contributed by atoms with van der Waals surface area (Å²) >= 11 is 0. The van der Waals surface area contributed by atoms with Crippen LogP contribution in [0.25, 0.3) is 22.2 Å². The van der Waals surface area contributed by atoms with Crippen molar-refractivity contribution >= 4 is 17.0 Å². The number of nitrogens with zero attached hydrogens (tertiary/aromatic N) is 3. The van der Waals surface area contributed by atoms with Gasteiger partial charge in [-0.15, -0.1) is 0 Å². The lowest BCUT2D eigenvalue weighted by atomic mass is 10.0. The van der Waals surface area contributed by atoms with Gasteiger partial charge in [0.2, 0.25) is 5.82 Å². The Labute approximate surface area is 102 Å². The van der Waals surface area contributed by atoms with Crippen LogP contribution in [0.3, 0.4) is 0 Å². The van der Waals surface area contributed by atoms with Gasteiger partial charge in [-0.25, -0.2) is 0 Å². The first-order chi connectivity index (χ1) is 8.88. The van der Waals surface area contributed by atoms with Gasteiger partial charge in [-0.05, 0) is 10.8 Å². The van der Waals surface area contributed by atoms with Gasteiger partial charge in [-0.3, -0.25) is 0 Å². The molecule has 0 radical (unpaired) electrons. The van der Waals surface area contributed by atoms with E-state index in [1.165, 1.54) is 0 Å². The number of fused-ring (bicyclic) bond motifs is 1. The van der Waals surface area contributed by atoms with E-state index in [2.05, 4.69) is 15.3 Å². The number of benzene rings is 2. The molecule has 0 fully saturated rings. The van der Waals surface area contributed by atoms with E-state index in [9.17, 15) is 0 Å². The SMILES string of the molecule is O/N=C/c1nc(-c2cccc3ccccc23)no1. The smallest absolute Gasteiger partial charge is 0.272 e. The van der Waals surface area contributed by atoms with Crippen molar-refractivity contribution in [2.45, 2.75) is 0 Å².